The zero-order valence-corrected chi connectivity index (χ0v) is 13.6. The molecule has 1 aromatic carbocycles. The van der Waals surface area contributed by atoms with Gasteiger partial charge in [-0.1, -0.05) is 24.3 Å². The first-order valence-electron chi connectivity index (χ1n) is 7.91. The van der Waals surface area contributed by atoms with Gasteiger partial charge in [-0.05, 0) is 36.9 Å². The Kier molecular flexibility index (Phi) is 5.43. The average molecular weight is 317 g/mol. The lowest BCUT2D eigenvalue weighted by molar-refractivity contribution is 0.282. The topological polar surface area (TPSA) is 48.4 Å². The number of benzene rings is 1. The number of anilines is 1. The van der Waals surface area contributed by atoms with E-state index < -0.39 is 0 Å². The second-order valence-corrected chi connectivity index (χ2v) is 6.63. The van der Waals surface area contributed by atoms with Crippen LogP contribution in [0.5, 0.6) is 0 Å². The Bertz CT molecular complexity index is 548. The maximum absolute atomic E-state index is 9.04. The molecule has 0 radical (unpaired) electrons. The van der Waals surface area contributed by atoms with E-state index in [1.54, 1.807) is 11.3 Å². The molecule has 1 aromatic heterocycles. The van der Waals surface area contributed by atoms with Gasteiger partial charge in [0.05, 0.1) is 6.61 Å². The van der Waals surface area contributed by atoms with Gasteiger partial charge in [0.1, 0.15) is 0 Å². The third-order valence-electron chi connectivity index (χ3n) is 4.24. The van der Waals surface area contributed by atoms with Crippen molar-refractivity contribution in [3.05, 3.63) is 47.0 Å². The summed E-state index contributed by atoms with van der Waals surface area (Å²) in [5, 5.41) is 15.9. The van der Waals surface area contributed by atoms with E-state index in [9.17, 15) is 0 Å². The molecule has 3 rings (SSSR count). The summed E-state index contributed by atoms with van der Waals surface area (Å²) >= 11 is 1.73. The Labute approximate surface area is 135 Å². The number of hydrogen-bond donors (Lipinski definition) is 2. The Morgan fingerprint density at radius 1 is 1.18 bits per heavy atom. The minimum Gasteiger partial charge on any atom is -0.392 e. The lowest BCUT2D eigenvalue weighted by Gasteiger charge is -2.32. The monoisotopic (exact) mass is 317 g/mol. The fourth-order valence-corrected chi connectivity index (χ4v) is 3.58. The van der Waals surface area contributed by atoms with E-state index in [-0.39, 0.29) is 6.61 Å². The third-order valence-corrected chi connectivity index (χ3v) is 5.07. The van der Waals surface area contributed by atoms with Gasteiger partial charge in [0.2, 0.25) is 0 Å². The molecule has 5 heteroatoms. The van der Waals surface area contributed by atoms with Gasteiger partial charge in [-0.15, -0.1) is 11.3 Å². The molecule has 2 aromatic rings. The van der Waals surface area contributed by atoms with Gasteiger partial charge in [0.15, 0.2) is 5.13 Å². The molecule has 0 bridgehead atoms. The summed E-state index contributed by atoms with van der Waals surface area (Å²) in [6.07, 6.45) is 5.29. The van der Waals surface area contributed by atoms with E-state index in [0.717, 1.165) is 36.8 Å². The summed E-state index contributed by atoms with van der Waals surface area (Å²) < 4.78 is 0. The second kappa shape index (κ2) is 7.72. The molecule has 0 saturated carbocycles. The van der Waals surface area contributed by atoms with E-state index in [4.69, 9.17) is 5.11 Å². The van der Waals surface area contributed by atoms with Crippen molar-refractivity contribution in [3.8, 4) is 0 Å². The predicted molar refractivity (Wildman–Crippen MR) is 91.4 cm³/mol. The number of hydrogen-bond acceptors (Lipinski definition) is 5. The fourth-order valence-electron chi connectivity index (χ4n) is 2.88. The van der Waals surface area contributed by atoms with Gasteiger partial charge < -0.3 is 15.3 Å². The van der Waals surface area contributed by atoms with Gasteiger partial charge in [-0.25, -0.2) is 4.98 Å². The van der Waals surface area contributed by atoms with Crippen molar-refractivity contribution < 1.29 is 5.11 Å². The van der Waals surface area contributed by atoms with Crippen molar-refractivity contribution in [1.82, 2.24) is 10.3 Å². The molecule has 0 amide bonds. The van der Waals surface area contributed by atoms with Crippen LogP contribution >= 0.6 is 11.3 Å². The standard InChI is InChI=1S/C17H23N3OS/c21-13-15-3-1-14(2-4-15)5-8-18-16-6-10-20(11-7-16)17-19-9-12-22-17/h1-4,9,12,16,18,21H,5-8,10-11,13H2. The summed E-state index contributed by atoms with van der Waals surface area (Å²) in [5.41, 5.74) is 2.30. The van der Waals surface area contributed by atoms with Crippen molar-refractivity contribution in [1.29, 1.82) is 0 Å². The number of aliphatic hydroxyl groups is 1. The van der Waals surface area contributed by atoms with E-state index in [1.807, 2.05) is 23.7 Å². The molecule has 118 valence electrons. The largest absolute Gasteiger partial charge is 0.392 e. The van der Waals surface area contributed by atoms with Crippen LogP contribution in [0.15, 0.2) is 35.8 Å². The molecule has 22 heavy (non-hydrogen) atoms. The van der Waals surface area contributed by atoms with Crippen LogP contribution in [0.2, 0.25) is 0 Å². The molecule has 2 N–H and O–H groups in total. The maximum Gasteiger partial charge on any atom is 0.185 e. The lowest BCUT2D eigenvalue weighted by Crippen LogP contribution is -2.43. The highest BCUT2D eigenvalue weighted by Gasteiger charge is 2.19. The van der Waals surface area contributed by atoms with Crippen molar-refractivity contribution in [2.75, 3.05) is 24.5 Å². The summed E-state index contributed by atoms with van der Waals surface area (Å²) in [6.45, 7) is 3.32. The van der Waals surface area contributed by atoms with Gasteiger partial charge in [0.25, 0.3) is 0 Å². The van der Waals surface area contributed by atoms with E-state index in [2.05, 4.69) is 27.3 Å². The highest BCUT2D eigenvalue weighted by Crippen LogP contribution is 2.21. The highest BCUT2D eigenvalue weighted by atomic mass is 32.1. The number of aromatic nitrogens is 1. The Balaban J connectivity index is 1.38. The maximum atomic E-state index is 9.04. The molecule has 1 saturated heterocycles. The van der Waals surface area contributed by atoms with Crippen LogP contribution in [-0.4, -0.2) is 35.8 Å². The highest BCUT2D eigenvalue weighted by molar-refractivity contribution is 7.13. The van der Waals surface area contributed by atoms with Crippen LogP contribution in [0.1, 0.15) is 24.0 Å². The Morgan fingerprint density at radius 3 is 2.55 bits per heavy atom. The van der Waals surface area contributed by atoms with Gasteiger partial charge in [-0.3, -0.25) is 0 Å². The van der Waals surface area contributed by atoms with Gasteiger partial charge in [-0.2, -0.15) is 0 Å². The number of piperidine rings is 1. The van der Waals surface area contributed by atoms with Crippen molar-refractivity contribution in [3.63, 3.8) is 0 Å². The summed E-state index contributed by atoms with van der Waals surface area (Å²) in [5.74, 6) is 0. The van der Waals surface area contributed by atoms with Crippen LogP contribution < -0.4 is 10.2 Å². The number of rotatable bonds is 6. The van der Waals surface area contributed by atoms with Crippen LogP contribution in [0.3, 0.4) is 0 Å². The number of aliphatic hydroxyl groups excluding tert-OH is 1. The Morgan fingerprint density at radius 2 is 1.91 bits per heavy atom. The van der Waals surface area contributed by atoms with Gasteiger partial charge >= 0.3 is 0 Å². The minimum absolute atomic E-state index is 0.121. The number of nitrogens with zero attached hydrogens (tertiary/aromatic N) is 2. The molecule has 0 spiro atoms. The van der Waals surface area contributed by atoms with Crippen LogP contribution in [0.4, 0.5) is 5.13 Å². The molecule has 0 atom stereocenters. The molecule has 1 fully saturated rings. The van der Waals surface area contributed by atoms with Crippen molar-refractivity contribution in [2.24, 2.45) is 0 Å². The normalized spacial score (nSPS) is 16.1. The summed E-state index contributed by atoms with van der Waals surface area (Å²) in [6, 6.07) is 8.84. The fraction of sp³-hybridized carbons (Fsp3) is 0.471. The molecule has 1 aliphatic rings. The van der Waals surface area contributed by atoms with E-state index in [0.29, 0.717) is 6.04 Å². The number of nitrogens with one attached hydrogen (secondary N) is 1. The lowest BCUT2D eigenvalue weighted by atomic mass is 10.0. The molecule has 0 aliphatic carbocycles. The summed E-state index contributed by atoms with van der Waals surface area (Å²) in [4.78, 5) is 6.77. The van der Waals surface area contributed by atoms with E-state index in [1.165, 1.54) is 18.4 Å². The molecule has 1 aliphatic heterocycles. The van der Waals surface area contributed by atoms with Crippen molar-refractivity contribution in [2.45, 2.75) is 31.9 Å². The zero-order chi connectivity index (χ0) is 15.2. The minimum atomic E-state index is 0.121. The molecule has 2 heterocycles. The van der Waals surface area contributed by atoms with Crippen LogP contribution in [-0.2, 0) is 13.0 Å². The predicted octanol–water partition coefficient (Wildman–Crippen LogP) is 2.44. The number of thiazole rings is 1. The first-order valence-corrected chi connectivity index (χ1v) is 8.79. The van der Waals surface area contributed by atoms with Crippen LogP contribution in [0, 0.1) is 0 Å². The third kappa shape index (κ3) is 4.06. The average Bonchev–Trinajstić information content (AvgIpc) is 3.11. The first-order chi connectivity index (χ1) is 10.8. The molecule has 0 unspecified atom stereocenters. The quantitative estimate of drug-likeness (QED) is 0.859. The second-order valence-electron chi connectivity index (χ2n) is 5.75. The summed E-state index contributed by atoms with van der Waals surface area (Å²) in [7, 11) is 0. The zero-order valence-electron chi connectivity index (χ0n) is 12.7. The smallest absolute Gasteiger partial charge is 0.185 e. The molecule has 4 nitrogen and oxygen atoms in total. The molecular formula is C17H23N3OS. The van der Waals surface area contributed by atoms with Gasteiger partial charge in [0, 0.05) is 30.7 Å². The van der Waals surface area contributed by atoms with Crippen LogP contribution in [0.25, 0.3) is 0 Å². The SMILES string of the molecule is OCc1ccc(CCNC2CCN(c3nccs3)CC2)cc1. The molecular weight excluding hydrogens is 294 g/mol. The first kappa shape index (κ1) is 15.5. The Hall–Kier alpha value is -1.43. The van der Waals surface area contributed by atoms with Crippen molar-refractivity contribution >= 4 is 16.5 Å². The van der Waals surface area contributed by atoms with E-state index >= 15 is 0 Å².